The first-order chi connectivity index (χ1) is 14.7. The molecule has 30 heavy (non-hydrogen) atoms. The molecule has 1 aliphatic heterocycles. The Bertz CT molecular complexity index is 929. The molecule has 2 atom stereocenters. The van der Waals surface area contributed by atoms with Crippen LogP contribution in [0.3, 0.4) is 0 Å². The van der Waals surface area contributed by atoms with Crippen LogP contribution < -0.4 is 4.74 Å². The Morgan fingerprint density at radius 1 is 0.900 bits per heavy atom. The number of benzene rings is 3. The fourth-order valence-electron chi connectivity index (χ4n) is 4.09. The Labute approximate surface area is 183 Å². The standard InChI is InChI=1S/C26H28ClNO2/c27-24-11-9-21(10-12-24)19-30-25-8-4-7-22(16-25)15-23-18-28(14-13-26(23)29)17-20-5-2-1-3-6-20/h1-12,16,23,26,29H,13-15,17-19H2. The van der Waals surface area contributed by atoms with Crippen LogP contribution in [0.4, 0.5) is 0 Å². The van der Waals surface area contributed by atoms with Gasteiger partial charge in [0.25, 0.3) is 0 Å². The number of rotatable bonds is 7. The Kier molecular flexibility index (Phi) is 7.06. The summed E-state index contributed by atoms with van der Waals surface area (Å²) in [6.07, 6.45) is 1.42. The summed E-state index contributed by atoms with van der Waals surface area (Å²) in [5.41, 5.74) is 3.61. The Balaban J connectivity index is 1.35. The number of nitrogens with zero attached hydrogens (tertiary/aromatic N) is 1. The second kappa shape index (κ2) is 10.1. The number of piperidine rings is 1. The van der Waals surface area contributed by atoms with Crippen molar-refractivity contribution in [3.8, 4) is 5.75 Å². The van der Waals surface area contributed by atoms with E-state index in [1.807, 2.05) is 42.5 Å². The number of aliphatic hydroxyl groups excluding tert-OH is 1. The molecule has 3 aromatic rings. The lowest BCUT2D eigenvalue weighted by atomic mass is 9.88. The van der Waals surface area contributed by atoms with Gasteiger partial charge in [0.2, 0.25) is 0 Å². The highest BCUT2D eigenvalue weighted by atomic mass is 35.5. The molecule has 1 heterocycles. The van der Waals surface area contributed by atoms with Gasteiger partial charge in [-0.3, -0.25) is 4.90 Å². The molecule has 156 valence electrons. The normalized spacial score (nSPS) is 19.5. The van der Waals surface area contributed by atoms with Crippen molar-refractivity contribution >= 4 is 11.6 Å². The number of likely N-dealkylation sites (tertiary alicyclic amines) is 1. The summed E-state index contributed by atoms with van der Waals surface area (Å²) in [6.45, 7) is 3.30. The minimum Gasteiger partial charge on any atom is -0.489 e. The first-order valence-corrected chi connectivity index (χ1v) is 10.9. The van der Waals surface area contributed by atoms with Crippen molar-refractivity contribution in [2.75, 3.05) is 13.1 Å². The molecule has 0 aliphatic carbocycles. The molecule has 0 saturated carbocycles. The smallest absolute Gasteiger partial charge is 0.120 e. The molecular weight excluding hydrogens is 394 g/mol. The Hall–Kier alpha value is -2.33. The molecule has 1 saturated heterocycles. The lowest BCUT2D eigenvalue weighted by Crippen LogP contribution is -2.43. The fourth-order valence-corrected chi connectivity index (χ4v) is 4.22. The molecule has 3 nitrogen and oxygen atoms in total. The average molecular weight is 422 g/mol. The van der Waals surface area contributed by atoms with Gasteiger partial charge < -0.3 is 9.84 Å². The van der Waals surface area contributed by atoms with Gasteiger partial charge in [0.1, 0.15) is 12.4 Å². The van der Waals surface area contributed by atoms with Gasteiger partial charge in [-0.25, -0.2) is 0 Å². The van der Waals surface area contributed by atoms with Gasteiger partial charge in [0.05, 0.1) is 6.10 Å². The summed E-state index contributed by atoms with van der Waals surface area (Å²) in [6, 6.07) is 26.5. The molecule has 1 aliphatic rings. The van der Waals surface area contributed by atoms with Crippen molar-refractivity contribution in [1.82, 2.24) is 4.90 Å². The summed E-state index contributed by atoms with van der Waals surface area (Å²) >= 11 is 5.94. The van der Waals surface area contributed by atoms with Gasteiger partial charge in [-0.15, -0.1) is 0 Å². The third kappa shape index (κ3) is 5.85. The van der Waals surface area contributed by atoms with E-state index in [9.17, 15) is 5.11 Å². The molecular formula is C26H28ClNO2. The third-order valence-corrected chi connectivity index (χ3v) is 5.99. The molecule has 4 rings (SSSR count). The zero-order valence-electron chi connectivity index (χ0n) is 17.1. The van der Waals surface area contributed by atoms with Gasteiger partial charge in [-0.05, 0) is 53.8 Å². The average Bonchev–Trinajstić information content (AvgIpc) is 2.77. The zero-order chi connectivity index (χ0) is 20.8. The lowest BCUT2D eigenvalue weighted by Gasteiger charge is -2.36. The van der Waals surface area contributed by atoms with Crippen LogP contribution in [-0.2, 0) is 19.6 Å². The fraction of sp³-hybridized carbons (Fsp3) is 0.308. The van der Waals surface area contributed by atoms with Crippen LogP contribution in [0.15, 0.2) is 78.9 Å². The van der Waals surface area contributed by atoms with Gasteiger partial charge in [0, 0.05) is 30.6 Å². The second-order valence-corrected chi connectivity index (χ2v) is 8.54. The van der Waals surface area contributed by atoms with E-state index < -0.39 is 0 Å². The van der Waals surface area contributed by atoms with E-state index in [0.29, 0.717) is 6.61 Å². The summed E-state index contributed by atoms with van der Waals surface area (Å²) in [7, 11) is 0. The maximum Gasteiger partial charge on any atom is 0.120 e. The quantitative estimate of drug-likeness (QED) is 0.558. The van der Waals surface area contributed by atoms with Crippen molar-refractivity contribution in [1.29, 1.82) is 0 Å². The molecule has 0 amide bonds. The highest BCUT2D eigenvalue weighted by Crippen LogP contribution is 2.25. The van der Waals surface area contributed by atoms with Crippen molar-refractivity contribution in [2.24, 2.45) is 5.92 Å². The first kappa shape index (κ1) is 20.9. The van der Waals surface area contributed by atoms with Crippen molar-refractivity contribution in [3.63, 3.8) is 0 Å². The van der Waals surface area contributed by atoms with Crippen LogP contribution in [0.25, 0.3) is 0 Å². The predicted octanol–water partition coefficient (Wildman–Crippen LogP) is 5.34. The largest absolute Gasteiger partial charge is 0.489 e. The molecule has 1 fully saturated rings. The number of ether oxygens (including phenoxy) is 1. The van der Waals surface area contributed by atoms with Gasteiger partial charge >= 0.3 is 0 Å². The van der Waals surface area contributed by atoms with Gasteiger partial charge in [-0.2, -0.15) is 0 Å². The zero-order valence-corrected chi connectivity index (χ0v) is 17.8. The molecule has 0 aromatic heterocycles. The Morgan fingerprint density at radius 3 is 2.47 bits per heavy atom. The van der Waals surface area contributed by atoms with Crippen LogP contribution >= 0.6 is 11.6 Å². The van der Waals surface area contributed by atoms with E-state index in [4.69, 9.17) is 16.3 Å². The summed E-state index contributed by atoms with van der Waals surface area (Å²) < 4.78 is 5.97. The van der Waals surface area contributed by atoms with E-state index in [-0.39, 0.29) is 12.0 Å². The first-order valence-electron chi connectivity index (χ1n) is 10.6. The van der Waals surface area contributed by atoms with Crippen LogP contribution in [0, 0.1) is 5.92 Å². The summed E-state index contributed by atoms with van der Waals surface area (Å²) in [5.74, 6) is 1.09. The molecule has 4 heteroatoms. The highest BCUT2D eigenvalue weighted by Gasteiger charge is 2.27. The topological polar surface area (TPSA) is 32.7 Å². The van der Waals surface area contributed by atoms with Gasteiger partial charge in [-0.1, -0.05) is 66.2 Å². The lowest BCUT2D eigenvalue weighted by molar-refractivity contribution is 0.0239. The van der Waals surface area contributed by atoms with Crippen LogP contribution in [0.2, 0.25) is 5.02 Å². The van der Waals surface area contributed by atoms with Crippen molar-refractivity contribution in [2.45, 2.75) is 32.1 Å². The third-order valence-electron chi connectivity index (χ3n) is 5.74. The SMILES string of the molecule is OC1CCN(Cc2ccccc2)CC1Cc1cccc(OCc2ccc(Cl)cc2)c1. The van der Waals surface area contributed by atoms with E-state index in [1.165, 1.54) is 11.1 Å². The number of aliphatic hydroxyl groups is 1. The highest BCUT2D eigenvalue weighted by molar-refractivity contribution is 6.30. The van der Waals surface area contributed by atoms with Crippen molar-refractivity contribution < 1.29 is 9.84 Å². The number of halogens is 1. The number of hydrogen-bond donors (Lipinski definition) is 1. The molecule has 3 aromatic carbocycles. The maximum atomic E-state index is 10.6. The number of hydrogen-bond acceptors (Lipinski definition) is 3. The predicted molar refractivity (Wildman–Crippen MR) is 122 cm³/mol. The minimum absolute atomic E-state index is 0.231. The van der Waals surface area contributed by atoms with E-state index >= 15 is 0 Å². The summed E-state index contributed by atoms with van der Waals surface area (Å²) in [5, 5.41) is 11.3. The van der Waals surface area contributed by atoms with Gasteiger partial charge in [0.15, 0.2) is 0 Å². The molecule has 0 radical (unpaired) electrons. The van der Waals surface area contributed by atoms with E-state index in [2.05, 4.69) is 41.3 Å². The van der Waals surface area contributed by atoms with E-state index in [1.54, 1.807) is 0 Å². The molecule has 0 bridgehead atoms. The maximum absolute atomic E-state index is 10.6. The monoisotopic (exact) mass is 421 g/mol. The van der Waals surface area contributed by atoms with E-state index in [0.717, 1.165) is 48.8 Å². The molecule has 2 unspecified atom stereocenters. The minimum atomic E-state index is -0.254. The van der Waals surface area contributed by atoms with Crippen LogP contribution in [0.1, 0.15) is 23.1 Å². The Morgan fingerprint density at radius 2 is 1.67 bits per heavy atom. The molecule has 1 N–H and O–H groups in total. The van der Waals surface area contributed by atoms with Crippen LogP contribution in [-0.4, -0.2) is 29.2 Å². The second-order valence-electron chi connectivity index (χ2n) is 8.10. The van der Waals surface area contributed by atoms with Crippen molar-refractivity contribution in [3.05, 3.63) is 101 Å². The van der Waals surface area contributed by atoms with Crippen LogP contribution in [0.5, 0.6) is 5.75 Å². The summed E-state index contributed by atoms with van der Waals surface area (Å²) in [4.78, 5) is 2.45. The molecule has 0 spiro atoms.